The molecule has 1 saturated heterocycles. The van der Waals surface area contributed by atoms with Crippen LogP contribution in [0.2, 0.25) is 0 Å². The fraction of sp³-hybridized carbons (Fsp3) is 0.643. The average molecular weight is 325 g/mol. The maximum absolute atomic E-state index is 12.7. The predicted molar refractivity (Wildman–Crippen MR) is 86.7 cm³/mol. The molecule has 0 atom stereocenters. The monoisotopic (exact) mass is 325 g/mol. The highest BCUT2D eigenvalue weighted by Gasteiger charge is 2.43. The van der Waals surface area contributed by atoms with Crippen molar-refractivity contribution in [3.8, 4) is 0 Å². The Kier molecular flexibility index (Phi) is 4.24. The molecule has 0 bridgehead atoms. The van der Waals surface area contributed by atoms with Gasteiger partial charge in [0.15, 0.2) is 5.13 Å². The van der Waals surface area contributed by atoms with Gasteiger partial charge in [-0.05, 0) is 38.5 Å². The number of hydrogen-bond acceptors (Lipinski definition) is 5. The molecule has 0 unspecified atom stereocenters. The van der Waals surface area contributed by atoms with Crippen LogP contribution in [0.25, 0.3) is 0 Å². The fourth-order valence-electron chi connectivity index (χ4n) is 2.93. The van der Waals surface area contributed by atoms with Gasteiger partial charge in [0.2, 0.25) is 5.91 Å². The van der Waals surface area contributed by atoms with Gasteiger partial charge in [-0.15, -0.1) is 11.3 Å². The van der Waals surface area contributed by atoms with Crippen LogP contribution in [0.4, 0.5) is 5.13 Å². The van der Waals surface area contributed by atoms with E-state index in [1.54, 1.807) is 11.3 Å². The van der Waals surface area contributed by atoms with Gasteiger partial charge in [0.05, 0.1) is 10.7 Å². The number of thiazole rings is 1. The quantitative estimate of drug-likeness (QED) is 0.832. The number of fused-ring (bicyclic) bond motifs is 1. The number of anilines is 1. The van der Waals surface area contributed by atoms with Crippen LogP contribution in [-0.2, 0) is 22.4 Å². The third kappa shape index (κ3) is 2.82. The van der Waals surface area contributed by atoms with Crippen LogP contribution < -0.4 is 11.1 Å². The Hall–Kier alpha value is -1.05. The molecule has 5 nitrogen and oxygen atoms in total. The van der Waals surface area contributed by atoms with Gasteiger partial charge in [-0.3, -0.25) is 4.79 Å². The van der Waals surface area contributed by atoms with Crippen molar-refractivity contribution >= 4 is 39.6 Å². The molecule has 2 heterocycles. The number of nitrogens with two attached hydrogens (primary N) is 1. The number of aromatic nitrogens is 1. The van der Waals surface area contributed by atoms with Crippen molar-refractivity contribution in [2.24, 2.45) is 11.1 Å². The van der Waals surface area contributed by atoms with Crippen LogP contribution in [0, 0.1) is 5.41 Å². The molecule has 0 saturated carbocycles. The number of nitrogens with one attached hydrogen (secondary N) is 1. The van der Waals surface area contributed by atoms with E-state index >= 15 is 0 Å². The molecule has 114 valence electrons. The summed E-state index contributed by atoms with van der Waals surface area (Å²) in [5, 5.41) is 3.61. The molecule has 21 heavy (non-hydrogen) atoms. The van der Waals surface area contributed by atoms with Gasteiger partial charge < -0.3 is 15.8 Å². The first-order chi connectivity index (χ1) is 10.1. The minimum atomic E-state index is -0.792. The van der Waals surface area contributed by atoms with Gasteiger partial charge in [0.25, 0.3) is 0 Å². The lowest BCUT2D eigenvalue weighted by Crippen LogP contribution is -2.49. The SMILES string of the molecule is NC(=S)C1(C(=O)Nc2nc3c(s2)CCCC3)CCOCC1. The van der Waals surface area contributed by atoms with Gasteiger partial charge in [0, 0.05) is 18.1 Å². The van der Waals surface area contributed by atoms with E-state index < -0.39 is 5.41 Å². The molecule has 3 N–H and O–H groups in total. The molecule has 1 aliphatic carbocycles. The third-order valence-corrected chi connectivity index (χ3v) is 5.78. The summed E-state index contributed by atoms with van der Waals surface area (Å²) >= 11 is 6.73. The summed E-state index contributed by atoms with van der Waals surface area (Å²) in [7, 11) is 0. The van der Waals surface area contributed by atoms with Crippen molar-refractivity contribution < 1.29 is 9.53 Å². The molecule has 1 fully saturated rings. The number of carbonyl (C=O) groups is 1. The molecule has 0 spiro atoms. The largest absolute Gasteiger partial charge is 0.392 e. The van der Waals surface area contributed by atoms with Crippen molar-refractivity contribution in [2.75, 3.05) is 18.5 Å². The van der Waals surface area contributed by atoms with E-state index in [-0.39, 0.29) is 10.9 Å². The molecular weight excluding hydrogens is 306 g/mol. The number of thiocarbonyl (C=S) groups is 1. The summed E-state index contributed by atoms with van der Waals surface area (Å²) in [6.45, 7) is 1.03. The van der Waals surface area contributed by atoms with E-state index in [2.05, 4.69) is 10.3 Å². The molecule has 3 rings (SSSR count). The first kappa shape index (κ1) is 14.9. The first-order valence-corrected chi connectivity index (χ1v) is 8.52. The predicted octanol–water partition coefficient (Wildman–Crippen LogP) is 2.04. The maximum atomic E-state index is 12.7. The maximum Gasteiger partial charge on any atom is 0.239 e. The lowest BCUT2D eigenvalue weighted by Gasteiger charge is -2.34. The Morgan fingerprint density at radius 3 is 2.71 bits per heavy atom. The second-order valence-electron chi connectivity index (χ2n) is 5.61. The van der Waals surface area contributed by atoms with Crippen molar-refractivity contribution in [2.45, 2.75) is 38.5 Å². The summed E-state index contributed by atoms with van der Waals surface area (Å²) in [6.07, 6.45) is 5.54. The Morgan fingerprint density at radius 1 is 1.33 bits per heavy atom. The molecule has 0 radical (unpaired) electrons. The molecule has 1 amide bonds. The summed E-state index contributed by atoms with van der Waals surface area (Å²) in [6, 6.07) is 0. The normalized spacial score (nSPS) is 20.6. The van der Waals surface area contributed by atoms with Gasteiger partial charge >= 0.3 is 0 Å². The molecule has 0 aromatic carbocycles. The molecule has 1 aromatic heterocycles. The van der Waals surface area contributed by atoms with Gasteiger partial charge in [-0.1, -0.05) is 12.2 Å². The highest BCUT2D eigenvalue weighted by molar-refractivity contribution is 7.80. The number of hydrogen-bond donors (Lipinski definition) is 2. The zero-order valence-corrected chi connectivity index (χ0v) is 13.4. The van der Waals surface area contributed by atoms with E-state index in [4.69, 9.17) is 22.7 Å². The standard InChI is InChI=1S/C14H19N3O2S2/c15-11(20)14(5-7-19-8-6-14)12(18)17-13-16-9-3-1-2-4-10(9)21-13/h1-8H2,(H2,15,20)(H,16,17,18). The fourth-order valence-corrected chi connectivity index (χ4v) is 4.27. The number of rotatable bonds is 3. The molecule has 7 heteroatoms. The minimum Gasteiger partial charge on any atom is -0.392 e. The lowest BCUT2D eigenvalue weighted by molar-refractivity contribution is -0.126. The number of aryl methyl sites for hydroxylation is 2. The Balaban J connectivity index is 1.78. The van der Waals surface area contributed by atoms with E-state index in [1.807, 2.05) is 0 Å². The molecule has 2 aliphatic rings. The van der Waals surface area contributed by atoms with Crippen LogP contribution in [0.1, 0.15) is 36.3 Å². The first-order valence-electron chi connectivity index (χ1n) is 7.29. The summed E-state index contributed by atoms with van der Waals surface area (Å²) in [4.78, 5) is 18.8. The van der Waals surface area contributed by atoms with Crippen LogP contribution >= 0.6 is 23.6 Å². The van der Waals surface area contributed by atoms with E-state index in [9.17, 15) is 4.79 Å². The topological polar surface area (TPSA) is 77.2 Å². The van der Waals surface area contributed by atoms with Gasteiger partial charge in [0.1, 0.15) is 5.41 Å². The zero-order chi connectivity index (χ0) is 14.9. The Bertz CT molecular complexity index is 541. The number of carbonyl (C=O) groups excluding carboxylic acids is 1. The molecule has 1 aliphatic heterocycles. The highest BCUT2D eigenvalue weighted by Crippen LogP contribution is 2.34. The van der Waals surface area contributed by atoms with Crippen molar-refractivity contribution in [3.63, 3.8) is 0 Å². The van der Waals surface area contributed by atoms with Crippen molar-refractivity contribution in [1.82, 2.24) is 4.98 Å². The summed E-state index contributed by atoms with van der Waals surface area (Å²) in [5.41, 5.74) is 6.20. The number of amides is 1. The van der Waals surface area contributed by atoms with Crippen LogP contribution in [0.5, 0.6) is 0 Å². The van der Waals surface area contributed by atoms with Gasteiger partial charge in [-0.25, -0.2) is 4.98 Å². The average Bonchev–Trinajstić information content (AvgIpc) is 2.89. The second kappa shape index (κ2) is 5.98. The smallest absolute Gasteiger partial charge is 0.239 e. The van der Waals surface area contributed by atoms with E-state index in [0.29, 0.717) is 31.2 Å². The Labute approximate surface area is 133 Å². The van der Waals surface area contributed by atoms with Crippen LogP contribution in [-0.4, -0.2) is 29.1 Å². The van der Waals surface area contributed by atoms with Crippen LogP contribution in [0.15, 0.2) is 0 Å². The second-order valence-corrected chi connectivity index (χ2v) is 7.13. The summed E-state index contributed by atoms with van der Waals surface area (Å²) in [5.74, 6) is -0.135. The number of ether oxygens (including phenoxy) is 1. The minimum absolute atomic E-state index is 0.135. The van der Waals surface area contributed by atoms with E-state index in [1.165, 1.54) is 17.7 Å². The molecular formula is C14H19N3O2S2. The van der Waals surface area contributed by atoms with E-state index in [0.717, 1.165) is 18.5 Å². The van der Waals surface area contributed by atoms with Crippen molar-refractivity contribution in [3.05, 3.63) is 10.6 Å². The van der Waals surface area contributed by atoms with Gasteiger partial charge in [-0.2, -0.15) is 0 Å². The third-order valence-electron chi connectivity index (χ3n) is 4.32. The molecule has 1 aromatic rings. The number of nitrogens with zero attached hydrogens (tertiary/aromatic N) is 1. The lowest BCUT2D eigenvalue weighted by atomic mass is 9.79. The zero-order valence-electron chi connectivity index (χ0n) is 11.8. The highest BCUT2D eigenvalue weighted by atomic mass is 32.1. The summed E-state index contributed by atoms with van der Waals surface area (Å²) < 4.78 is 5.33. The Morgan fingerprint density at radius 2 is 2.05 bits per heavy atom. The van der Waals surface area contributed by atoms with Crippen LogP contribution in [0.3, 0.4) is 0 Å². The van der Waals surface area contributed by atoms with Crippen molar-refractivity contribution in [1.29, 1.82) is 0 Å².